The fourth-order valence-electron chi connectivity index (χ4n) is 1.67. The van der Waals surface area contributed by atoms with E-state index in [4.69, 9.17) is 5.26 Å². The van der Waals surface area contributed by atoms with Crippen molar-refractivity contribution in [3.05, 3.63) is 59.8 Å². The second-order valence-electron chi connectivity index (χ2n) is 4.22. The predicted molar refractivity (Wildman–Crippen MR) is 76.4 cm³/mol. The van der Waals surface area contributed by atoms with E-state index in [1.807, 2.05) is 6.07 Å². The maximum atomic E-state index is 12.3. The van der Waals surface area contributed by atoms with Crippen LogP contribution in [0.25, 0.3) is 0 Å². The maximum Gasteiger partial charge on any atom is 0.240 e. The summed E-state index contributed by atoms with van der Waals surface area (Å²) in [6.45, 7) is 0. The molecule has 102 valence electrons. The molecule has 0 unspecified atom stereocenters. The molecule has 0 amide bonds. The first kappa shape index (κ1) is 14.0. The molecule has 0 N–H and O–H groups in total. The highest BCUT2D eigenvalue weighted by Crippen LogP contribution is 2.16. The lowest BCUT2D eigenvalue weighted by Crippen LogP contribution is -2.28. The van der Waals surface area contributed by atoms with Crippen LogP contribution in [0, 0.1) is 11.3 Å². The van der Waals surface area contributed by atoms with Gasteiger partial charge >= 0.3 is 0 Å². The molecule has 5 nitrogen and oxygen atoms in total. The largest absolute Gasteiger partial charge is 0.257 e. The SMILES string of the molecule is CN(c1ccccn1)S(=O)(=O)Cc1ccc(C#N)cc1. The summed E-state index contributed by atoms with van der Waals surface area (Å²) in [6, 6.07) is 13.6. The molecule has 1 aromatic heterocycles. The molecule has 0 aliphatic rings. The summed E-state index contributed by atoms with van der Waals surface area (Å²) in [5.41, 5.74) is 1.14. The number of benzene rings is 1. The van der Waals surface area contributed by atoms with Crippen molar-refractivity contribution >= 4 is 15.8 Å². The molecule has 1 heterocycles. The van der Waals surface area contributed by atoms with Crippen LogP contribution in [0.4, 0.5) is 5.82 Å². The highest BCUT2D eigenvalue weighted by Gasteiger charge is 2.19. The number of anilines is 1. The molecule has 0 atom stereocenters. The fourth-order valence-corrected chi connectivity index (χ4v) is 2.87. The van der Waals surface area contributed by atoms with E-state index in [0.29, 0.717) is 16.9 Å². The van der Waals surface area contributed by atoms with Crippen molar-refractivity contribution in [3.8, 4) is 6.07 Å². The lowest BCUT2D eigenvalue weighted by molar-refractivity contribution is 0.593. The van der Waals surface area contributed by atoms with Crippen LogP contribution in [0.2, 0.25) is 0 Å². The zero-order valence-electron chi connectivity index (χ0n) is 10.9. The van der Waals surface area contributed by atoms with E-state index in [1.54, 1.807) is 48.7 Å². The minimum absolute atomic E-state index is 0.133. The van der Waals surface area contributed by atoms with E-state index in [2.05, 4.69) is 4.98 Å². The molecule has 0 aliphatic carbocycles. The van der Waals surface area contributed by atoms with Gasteiger partial charge in [-0.25, -0.2) is 13.4 Å². The van der Waals surface area contributed by atoms with Crippen LogP contribution in [-0.4, -0.2) is 20.4 Å². The third-order valence-electron chi connectivity index (χ3n) is 2.82. The van der Waals surface area contributed by atoms with E-state index >= 15 is 0 Å². The average molecular weight is 287 g/mol. The van der Waals surface area contributed by atoms with Crippen LogP contribution in [0.5, 0.6) is 0 Å². The first-order valence-corrected chi connectivity index (χ1v) is 7.50. The van der Waals surface area contributed by atoms with Crippen molar-refractivity contribution in [2.24, 2.45) is 0 Å². The Morgan fingerprint density at radius 2 is 1.90 bits per heavy atom. The normalized spacial score (nSPS) is 10.8. The van der Waals surface area contributed by atoms with Crippen LogP contribution in [0.1, 0.15) is 11.1 Å². The molecule has 2 rings (SSSR count). The summed E-state index contributed by atoms with van der Waals surface area (Å²) in [7, 11) is -2.02. The fraction of sp³-hybridized carbons (Fsp3) is 0.143. The van der Waals surface area contributed by atoms with Crippen molar-refractivity contribution in [1.29, 1.82) is 5.26 Å². The minimum Gasteiger partial charge on any atom is -0.257 e. The molecule has 0 saturated heterocycles. The Bertz CT molecular complexity index is 719. The van der Waals surface area contributed by atoms with Gasteiger partial charge < -0.3 is 0 Å². The minimum atomic E-state index is -3.50. The summed E-state index contributed by atoms with van der Waals surface area (Å²) in [5, 5.41) is 8.71. The Morgan fingerprint density at radius 1 is 1.20 bits per heavy atom. The van der Waals surface area contributed by atoms with Crippen LogP contribution in [0.15, 0.2) is 48.7 Å². The zero-order valence-corrected chi connectivity index (χ0v) is 11.7. The second-order valence-corrected chi connectivity index (χ2v) is 6.22. The van der Waals surface area contributed by atoms with Crippen molar-refractivity contribution in [3.63, 3.8) is 0 Å². The number of nitriles is 1. The van der Waals surface area contributed by atoms with E-state index in [-0.39, 0.29) is 5.75 Å². The quantitative estimate of drug-likeness (QED) is 0.861. The Kier molecular flexibility index (Phi) is 4.01. The van der Waals surface area contributed by atoms with Crippen LogP contribution >= 0.6 is 0 Å². The number of pyridine rings is 1. The van der Waals surface area contributed by atoms with Gasteiger partial charge in [0.2, 0.25) is 10.0 Å². The Labute approximate surface area is 118 Å². The monoisotopic (exact) mass is 287 g/mol. The number of aromatic nitrogens is 1. The molecule has 0 spiro atoms. The summed E-state index contributed by atoms with van der Waals surface area (Å²) in [5.74, 6) is 0.243. The lowest BCUT2D eigenvalue weighted by atomic mass is 10.2. The molecule has 20 heavy (non-hydrogen) atoms. The van der Waals surface area contributed by atoms with E-state index in [0.717, 1.165) is 4.31 Å². The Balaban J connectivity index is 2.20. The number of nitrogens with zero attached hydrogens (tertiary/aromatic N) is 3. The van der Waals surface area contributed by atoms with E-state index < -0.39 is 10.0 Å². The molecule has 2 aromatic rings. The smallest absolute Gasteiger partial charge is 0.240 e. The van der Waals surface area contributed by atoms with Gasteiger partial charge in [0.1, 0.15) is 5.82 Å². The third-order valence-corrected chi connectivity index (χ3v) is 4.54. The van der Waals surface area contributed by atoms with Gasteiger partial charge in [0.05, 0.1) is 17.4 Å². The van der Waals surface area contributed by atoms with Crippen molar-refractivity contribution in [2.45, 2.75) is 5.75 Å². The van der Waals surface area contributed by atoms with Crippen molar-refractivity contribution in [1.82, 2.24) is 4.98 Å². The molecule has 0 saturated carbocycles. The van der Waals surface area contributed by atoms with E-state index in [9.17, 15) is 8.42 Å². The van der Waals surface area contributed by atoms with Crippen LogP contribution < -0.4 is 4.31 Å². The standard InChI is InChI=1S/C14H13N3O2S/c1-17(14-4-2-3-9-16-14)20(18,19)11-13-7-5-12(10-15)6-8-13/h2-9H,11H2,1H3. The van der Waals surface area contributed by atoms with Gasteiger partial charge in [0, 0.05) is 13.2 Å². The summed E-state index contributed by atoms with van der Waals surface area (Å²) in [4.78, 5) is 4.02. The summed E-state index contributed by atoms with van der Waals surface area (Å²) < 4.78 is 25.7. The van der Waals surface area contributed by atoms with Crippen molar-refractivity contribution in [2.75, 3.05) is 11.4 Å². The molecular weight excluding hydrogens is 274 g/mol. The number of rotatable bonds is 4. The van der Waals surface area contributed by atoms with Gasteiger partial charge in [0.25, 0.3) is 0 Å². The van der Waals surface area contributed by atoms with Gasteiger partial charge in [-0.2, -0.15) is 5.26 Å². The van der Waals surface area contributed by atoms with Gasteiger partial charge in [-0.15, -0.1) is 0 Å². The van der Waals surface area contributed by atoms with Gasteiger partial charge in [0.15, 0.2) is 0 Å². The molecule has 0 bridgehead atoms. The molecule has 1 aromatic carbocycles. The summed E-state index contributed by atoms with van der Waals surface area (Å²) in [6.07, 6.45) is 1.54. The number of hydrogen-bond acceptors (Lipinski definition) is 4. The molecule has 6 heteroatoms. The molecular formula is C14H13N3O2S. The lowest BCUT2D eigenvalue weighted by Gasteiger charge is -2.18. The Hall–Kier alpha value is -2.39. The van der Waals surface area contributed by atoms with Gasteiger partial charge in [-0.3, -0.25) is 4.31 Å². The first-order chi connectivity index (χ1) is 9.53. The third kappa shape index (κ3) is 3.13. The molecule has 0 aliphatic heterocycles. The molecule has 0 fully saturated rings. The number of sulfonamides is 1. The average Bonchev–Trinajstić information content (AvgIpc) is 2.48. The highest BCUT2D eigenvalue weighted by atomic mass is 32.2. The van der Waals surface area contributed by atoms with Crippen molar-refractivity contribution < 1.29 is 8.42 Å². The predicted octanol–water partition coefficient (Wildman–Crippen LogP) is 1.92. The van der Waals surface area contributed by atoms with Gasteiger partial charge in [-0.1, -0.05) is 18.2 Å². The Morgan fingerprint density at radius 3 is 2.45 bits per heavy atom. The summed E-state index contributed by atoms with van der Waals surface area (Å²) >= 11 is 0. The van der Waals surface area contributed by atoms with Crippen LogP contribution in [-0.2, 0) is 15.8 Å². The topological polar surface area (TPSA) is 74.1 Å². The van der Waals surface area contributed by atoms with Crippen LogP contribution in [0.3, 0.4) is 0 Å². The zero-order chi connectivity index (χ0) is 14.6. The second kappa shape index (κ2) is 5.72. The van der Waals surface area contributed by atoms with E-state index in [1.165, 1.54) is 7.05 Å². The maximum absolute atomic E-state index is 12.3. The molecule has 0 radical (unpaired) electrons. The number of hydrogen-bond donors (Lipinski definition) is 0. The highest BCUT2D eigenvalue weighted by molar-refractivity contribution is 7.92. The first-order valence-electron chi connectivity index (χ1n) is 5.89. The van der Waals surface area contributed by atoms with Gasteiger partial charge in [-0.05, 0) is 29.8 Å².